The Hall–Kier alpha value is -1.13. The molecule has 80 valence electrons. The largest absolute Gasteiger partial charge is 0.323 e. The summed E-state index contributed by atoms with van der Waals surface area (Å²) in [7, 11) is 1.96. The Balaban J connectivity index is 2.12. The SMILES string of the molecule is Cc1cc(CC(N)c2cccs2)n(C)n1. The van der Waals surface area contributed by atoms with Crippen molar-refractivity contribution in [1.29, 1.82) is 0 Å². The van der Waals surface area contributed by atoms with E-state index >= 15 is 0 Å². The predicted octanol–water partition coefficient (Wildman–Crippen LogP) is 2.03. The maximum atomic E-state index is 6.12. The first-order chi connectivity index (χ1) is 7.16. The number of aromatic nitrogens is 2. The highest BCUT2D eigenvalue weighted by atomic mass is 32.1. The molecule has 0 aliphatic rings. The standard InChI is InChI=1S/C11H15N3S/c1-8-6-9(14(2)13-8)7-10(12)11-4-3-5-15-11/h3-6,10H,7,12H2,1-2H3. The summed E-state index contributed by atoms with van der Waals surface area (Å²) in [4.78, 5) is 1.23. The van der Waals surface area contributed by atoms with Gasteiger partial charge in [0, 0.05) is 30.1 Å². The molecule has 2 aromatic heterocycles. The van der Waals surface area contributed by atoms with E-state index in [-0.39, 0.29) is 6.04 Å². The van der Waals surface area contributed by atoms with Gasteiger partial charge in [0.1, 0.15) is 0 Å². The Kier molecular flexibility index (Phi) is 2.88. The number of rotatable bonds is 3. The molecule has 0 fully saturated rings. The molecule has 2 aromatic rings. The number of hydrogen-bond acceptors (Lipinski definition) is 3. The summed E-state index contributed by atoms with van der Waals surface area (Å²) < 4.78 is 1.91. The van der Waals surface area contributed by atoms with Crippen LogP contribution >= 0.6 is 11.3 Å². The molecule has 0 saturated carbocycles. The Bertz CT molecular complexity index is 431. The fraction of sp³-hybridized carbons (Fsp3) is 0.364. The molecule has 4 heteroatoms. The fourth-order valence-electron chi connectivity index (χ4n) is 1.68. The van der Waals surface area contributed by atoms with Crippen LogP contribution in [0.5, 0.6) is 0 Å². The van der Waals surface area contributed by atoms with E-state index in [9.17, 15) is 0 Å². The average molecular weight is 221 g/mol. The summed E-state index contributed by atoms with van der Waals surface area (Å²) in [5.74, 6) is 0. The van der Waals surface area contributed by atoms with Crippen molar-refractivity contribution in [2.75, 3.05) is 0 Å². The molecule has 0 amide bonds. The van der Waals surface area contributed by atoms with Gasteiger partial charge in [-0.25, -0.2) is 0 Å². The van der Waals surface area contributed by atoms with Crippen LogP contribution in [-0.2, 0) is 13.5 Å². The molecule has 3 nitrogen and oxygen atoms in total. The molecule has 1 unspecified atom stereocenters. The van der Waals surface area contributed by atoms with Gasteiger partial charge in [-0.2, -0.15) is 5.10 Å². The minimum atomic E-state index is 0.0831. The van der Waals surface area contributed by atoms with Gasteiger partial charge >= 0.3 is 0 Å². The van der Waals surface area contributed by atoms with Gasteiger partial charge in [0.2, 0.25) is 0 Å². The molecule has 1 atom stereocenters. The Morgan fingerprint density at radius 3 is 2.93 bits per heavy atom. The lowest BCUT2D eigenvalue weighted by molar-refractivity contribution is 0.646. The van der Waals surface area contributed by atoms with E-state index in [1.165, 1.54) is 10.6 Å². The van der Waals surface area contributed by atoms with Crippen molar-refractivity contribution >= 4 is 11.3 Å². The third-order valence-corrected chi connectivity index (χ3v) is 3.44. The van der Waals surface area contributed by atoms with Gasteiger partial charge in [-0.3, -0.25) is 4.68 Å². The lowest BCUT2D eigenvalue weighted by Gasteiger charge is -2.09. The lowest BCUT2D eigenvalue weighted by Crippen LogP contribution is -2.14. The first-order valence-corrected chi connectivity index (χ1v) is 5.83. The molecule has 2 N–H and O–H groups in total. The van der Waals surface area contributed by atoms with Gasteiger partial charge in [-0.15, -0.1) is 11.3 Å². The molecule has 15 heavy (non-hydrogen) atoms. The molecule has 2 rings (SSSR count). The summed E-state index contributed by atoms with van der Waals surface area (Å²) in [6.45, 7) is 2.00. The number of nitrogens with two attached hydrogens (primary N) is 1. The van der Waals surface area contributed by atoms with Crippen molar-refractivity contribution in [3.05, 3.63) is 39.8 Å². The number of nitrogens with zero attached hydrogens (tertiary/aromatic N) is 2. The van der Waals surface area contributed by atoms with Crippen LogP contribution in [0.3, 0.4) is 0 Å². The summed E-state index contributed by atoms with van der Waals surface area (Å²) in [5, 5.41) is 6.37. The van der Waals surface area contributed by atoms with E-state index in [4.69, 9.17) is 5.73 Å². The first kappa shape index (κ1) is 10.4. The normalized spacial score (nSPS) is 13.0. The van der Waals surface area contributed by atoms with Gasteiger partial charge in [-0.1, -0.05) is 6.07 Å². The van der Waals surface area contributed by atoms with Gasteiger partial charge < -0.3 is 5.73 Å². The Morgan fingerprint density at radius 1 is 1.60 bits per heavy atom. The quantitative estimate of drug-likeness (QED) is 0.862. The topological polar surface area (TPSA) is 43.8 Å². The van der Waals surface area contributed by atoms with Crippen LogP contribution in [0.2, 0.25) is 0 Å². The van der Waals surface area contributed by atoms with Gasteiger partial charge in [0.05, 0.1) is 5.69 Å². The van der Waals surface area contributed by atoms with E-state index in [0.29, 0.717) is 0 Å². The van der Waals surface area contributed by atoms with Crippen LogP contribution in [0, 0.1) is 6.92 Å². The third-order valence-electron chi connectivity index (χ3n) is 2.44. The number of thiophene rings is 1. The molecule has 0 radical (unpaired) electrons. The second-order valence-electron chi connectivity index (χ2n) is 3.73. The van der Waals surface area contributed by atoms with Crippen molar-refractivity contribution in [3.63, 3.8) is 0 Å². The summed E-state index contributed by atoms with van der Waals surface area (Å²) in [6, 6.07) is 6.29. The lowest BCUT2D eigenvalue weighted by atomic mass is 10.1. The van der Waals surface area contributed by atoms with Gasteiger partial charge in [-0.05, 0) is 24.4 Å². The highest BCUT2D eigenvalue weighted by Crippen LogP contribution is 2.20. The van der Waals surface area contributed by atoms with E-state index in [1.807, 2.05) is 24.7 Å². The minimum absolute atomic E-state index is 0.0831. The molecule has 2 heterocycles. The molecule has 0 aliphatic heterocycles. The summed E-state index contributed by atoms with van der Waals surface area (Å²) in [6.07, 6.45) is 0.845. The second kappa shape index (κ2) is 4.16. The number of aryl methyl sites for hydroxylation is 2. The zero-order valence-corrected chi connectivity index (χ0v) is 9.79. The molecule has 0 saturated heterocycles. The van der Waals surface area contributed by atoms with Gasteiger partial charge in [0.25, 0.3) is 0 Å². The first-order valence-electron chi connectivity index (χ1n) is 4.95. The minimum Gasteiger partial charge on any atom is -0.323 e. The van der Waals surface area contributed by atoms with E-state index in [1.54, 1.807) is 11.3 Å². The van der Waals surface area contributed by atoms with E-state index in [2.05, 4.69) is 22.6 Å². The summed E-state index contributed by atoms with van der Waals surface area (Å²) in [5.41, 5.74) is 8.35. The Labute approximate surface area is 93.5 Å². The van der Waals surface area contributed by atoms with Crippen LogP contribution < -0.4 is 5.73 Å². The highest BCUT2D eigenvalue weighted by Gasteiger charge is 2.11. The van der Waals surface area contributed by atoms with Crippen LogP contribution in [0.4, 0.5) is 0 Å². The maximum Gasteiger partial charge on any atom is 0.0596 e. The monoisotopic (exact) mass is 221 g/mol. The van der Waals surface area contributed by atoms with Gasteiger partial charge in [0.15, 0.2) is 0 Å². The van der Waals surface area contributed by atoms with Crippen LogP contribution in [0.15, 0.2) is 23.6 Å². The molecule has 0 aliphatic carbocycles. The average Bonchev–Trinajstić information content (AvgIpc) is 2.76. The zero-order valence-electron chi connectivity index (χ0n) is 8.97. The van der Waals surface area contributed by atoms with Crippen molar-refractivity contribution in [3.8, 4) is 0 Å². The second-order valence-corrected chi connectivity index (χ2v) is 4.71. The molecule has 0 aromatic carbocycles. The van der Waals surface area contributed by atoms with Crippen LogP contribution in [0.1, 0.15) is 22.3 Å². The number of hydrogen-bond donors (Lipinski definition) is 1. The molecule has 0 bridgehead atoms. The van der Waals surface area contributed by atoms with Crippen molar-refractivity contribution in [2.45, 2.75) is 19.4 Å². The van der Waals surface area contributed by atoms with Crippen molar-refractivity contribution in [2.24, 2.45) is 12.8 Å². The molecule has 0 spiro atoms. The fourth-order valence-corrected chi connectivity index (χ4v) is 2.41. The molecular formula is C11H15N3S. The smallest absolute Gasteiger partial charge is 0.0596 e. The van der Waals surface area contributed by atoms with Crippen LogP contribution in [-0.4, -0.2) is 9.78 Å². The Morgan fingerprint density at radius 2 is 2.40 bits per heavy atom. The maximum absolute atomic E-state index is 6.12. The van der Waals surface area contributed by atoms with Crippen molar-refractivity contribution < 1.29 is 0 Å². The third kappa shape index (κ3) is 2.27. The predicted molar refractivity (Wildman–Crippen MR) is 62.9 cm³/mol. The van der Waals surface area contributed by atoms with Crippen LogP contribution in [0.25, 0.3) is 0 Å². The van der Waals surface area contributed by atoms with Crippen molar-refractivity contribution in [1.82, 2.24) is 9.78 Å². The molecular weight excluding hydrogens is 206 g/mol. The zero-order chi connectivity index (χ0) is 10.8. The van der Waals surface area contributed by atoms with E-state index < -0.39 is 0 Å². The van der Waals surface area contributed by atoms with E-state index in [0.717, 1.165) is 12.1 Å². The summed E-state index contributed by atoms with van der Waals surface area (Å²) >= 11 is 1.71. The highest BCUT2D eigenvalue weighted by molar-refractivity contribution is 7.10.